The van der Waals surface area contributed by atoms with Crippen LogP contribution in [0.15, 0.2) is 54.6 Å². The van der Waals surface area contributed by atoms with Gasteiger partial charge in [-0.2, -0.15) is 13.2 Å². The molecule has 0 saturated heterocycles. The Hall–Kier alpha value is -3.88. The molecule has 0 bridgehead atoms. The lowest BCUT2D eigenvalue weighted by Gasteiger charge is -2.17. The molecule has 0 spiro atoms. The van der Waals surface area contributed by atoms with Crippen molar-refractivity contribution in [3.05, 3.63) is 88.2 Å². The zero-order chi connectivity index (χ0) is 25.9. The van der Waals surface area contributed by atoms with Crippen LogP contribution in [0.3, 0.4) is 0 Å². The summed E-state index contributed by atoms with van der Waals surface area (Å²) in [5.41, 5.74) is 0.855. The molecule has 3 rings (SSSR count). The minimum Gasteiger partial charge on any atom is -0.491 e. The van der Waals surface area contributed by atoms with Crippen LogP contribution < -0.4 is 10.1 Å². The first kappa shape index (κ1) is 25.7. The Bertz CT molecular complexity index is 1270. The average Bonchev–Trinajstić information content (AvgIpc) is 2.77. The van der Waals surface area contributed by atoms with Gasteiger partial charge in [-0.05, 0) is 73.9 Å². The molecule has 3 aromatic carbocycles. The van der Waals surface area contributed by atoms with Crippen LogP contribution in [-0.2, 0) is 12.7 Å². The number of amides is 1. The third kappa shape index (κ3) is 6.17. The highest BCUT2D eigenvalue weighted by Gasteiger charge is 2.31. The topological polar surface area (TPSA) is 75.6 Å². The van der Waals surface area contributed by atoms with E-state index >= 15 is 0 Å². The molecule has 0 unspecified atom stereocenters. The quantitative estimate of drug-likeness (QED) is 0.386. The molecule has 0 saturated carbocycles. The Balaban J connectivity index is 1.90. The second-order valence-corrected chi connectivity index (χ2v) is 8.20. The highest BCUT2D eigenvalue weighted by Crippen LogP contribution is 2.31. The number of carboxylic acid groups (broad SMARTS) is 1. The van der Waals surface area contributed by atoms with Crippen LogP contribution in [0.5, 0.6) is 5.75 Å². The SMILES string of the molecule is Cc1ccc(-c2ccc(OC(C)C)c(CNC(=O)c3ccc(C(F)(F)F)cc3F)c2)cc1C(=O)O. The summed E-state index contributed by atoms with van der Waals surface area (Å²) in [7, 11) is 0. The molecule has 0 aliphatic rings. The molecule has 9 heteroatoms. The summed E-state index contributed by atoms with van der Waals surface area (Å²) in [5, 5.41) is 11.9. The average molecular weight is 489 g/mol. The smallest absolute Gasteiger partial charge is 0.416 e. The van der Waals surface area contributed by atoms with E-state index < -0.39 is 35.0 Å². The van der Waals surface area contributed by atoms with Gasteiger partial charge in [0.25, 0.3) is 5.91 Å². The molecule has 5 nitrogen and oxygen atoms in total. The summed E-state index contributed by atoms with van der Waals surface area (Å²) in [6.45, 7) is 5.21. The number of nitrogens with one attached hydrogen (secondary N) is 1. The maximum Gasteiger partial charge on any atom is 0.416 e. The molecule has 3 aromatic rings. The van der Waals surface area contributed by atoms with Crippen LogP contribution in [0.25, 0.3) is 11.1 Å². The molecule has 1 amide bonds. The minimum absolute atomic E-state index is 0.104. The second-order valence-electron chi connectivity index (χ2n) is 8.20. The van der Waals surface area contributed by atoms with E-state index in [0.717, 1.165) is 6.07 Å². The van der Waals surface area contributed by atoms with Gasteiger partial charge in [-0.1, -0.05) is 18.2 Å². The van der Waals surface area contributed by atoms with Gasteiger partial charge >= 0.3 is 12.1 Å². The molecule has 0 heterocycles. The van der Waals surface area contributed by atoms with E-state index in [1.54, 1.807) is 37.3 Å². The highest BCUT2D eigenvalue weighted by atomic mass is 19.4. The summed E-state index contributed by atoms with van der Waals surface area (Å²) in [6, 6.07) is 11.8. The first-order chi connectivity index (χ1) is 16.4. The fourth-order valence-corrected chi connectivity index (χ4v) is 3.44. The summed E-state index contributed by atoms with van der Waals surface area (Å²) in [6.07, 6.45) is -4.92. The van der Waals surface area contributed by atoms with Crippen molar-refractivity contribution in [2.24, 2.45) is 0 Å². The summed E-state index contributed by atoms with van der Waals surface area (Å²) in [5.74, 6) is -2.79. The van der Waals surface area contributed by atoms with Crippen LogP contribution in [0.2, 0.25) is 0 Å². The maximum absolute atomic E-state index is 14.2. The van der Waals surface area contributed by atoms with Gasteiger partial charge in [0.1, 0.15) is 11.6 Å². The lowest BCUT2D eigenvalue weighted by Crippen LogP contribution is -2.24. The van der Waals surface area contributed by atoms with Gasteiger partial charge in [-0.25, -0.2) is 9.18 Å². The van der Waals surface area contributed by atoms with Gasteiger partial charge in [0.05, 0.1) is 22.8 Å². The number of hydrogen-bond donors (Lipinski definition) is 2. The van der Waals surface area contributed by atoms with Gasteiger partial charge in [0.2, 0.25) is 0 Å². The molecule has 0 fully saturated rings. The van der Waals surface area contributed by atoms with Crippen molar-refractivity contribution in [1.29, 1.82) is 0 Å². The molecule has 0 aromatic heterocycles. The Morgan fingerprint density at radius 2 is 1.63 bits per heavy atom. The number of aryl methyl sites for hydroxylation is 1. The number of carbonyl (C=O) groups excluding carboxylic acids is 1. The highest BCUT2D eigenvalue weighted by molar-refractivity contribution is 5.94. The number of alkyl halides is 3. The molecule has 0 atom stereocenters. The molecule has 2 N–H and O–H groups in total. The van der Waals surface area contributed by atoms with E-state index in [-0.39, 0.29) is 24.3 Å². The monoisotopic (exact) mass is 489 g/mol. The van der Waals surface area contributed by atoms with E-state index in [2.05, 4.69) is 5.32 Å². The van der Waals surface area contributed by atoms with Gasteiger partial charge < -0.3 is 15.2 Å². The normalized spacial score (nSPS) is 11.4. The predicted molar refractivity (Wildman–Crippen MR) is 122 cm³/mol. The minimum atomic E-state index is -4.73. The van der Waals surface area contributed by atoms with Crippen LogP contribution >= 0.6 is 0 Å². The second kappa shape index (κ2) is 10.2. The first-order valence-corrected chi connectivity index (χ1v) is 10.7. The van der Waals surface area contributed by atoms with E-state index in [1.807, 2.05) is 13.8 Å². The zero-order valence-corrected chi connectivity index (χ0v) is 19.2. The van der Waals surface area contributed by atoms with E-state index in [1.165, 1.54) is 6.07 Å². The predicted octanol–water partition coefficient (Wildman–Crippen LogP) is 6.24. The fraction of sp³-hybridized carbons (Fsp3) is 0.231. The molecular weight excluding hydrogens is 466 g/mol. The molecule has 0 aliphatic heterocycles. The van der Waals surface area contributed by atoms with Crippen LogP contribution in [0.1, 0.15) is 51.3 Å². The molecule has 184 valence electrons. The fourth-order valence-electron chi connectivity index (χ4n) is 3.44. The molecule has 35 heavy (non-hydrogen) atoms. The van der Waals surface area contributed by atoms with Crippen LogP contribution in [0.4, 0.5) is 17.6 Å². The van der Waals surface area contributed by atoms with Gasteiger partial charge in [0.15, 0.2) is 0 Å². The Labute approximate surface area is 199 Å². The van der Waals surface area contributed by atoms with Gasteiger partial charge in [-0.3, -0.25) is 4.79 Å². The third-order valence-corrected chi connectivity index (χ3v) is 5.20. The van der Waals surface area contributed by atoms with E-state index in [4.69, 9.17) is 4.74 Å². The van der Waals surface area contributed by atoms with Crippen molar-refractivity contribution in [3.63, 3.8) is 0 Å². The van der Waals surface area contributed by atoms with Crippen molar-refractivity contribution in [3.8, 4) is 16.9 Å². The molecule has 0 radical (unpaired) electrons. The Morgan fingerprint density at radius 1 is 0.971 bits per heavy atom. The number of rotatable bonds is 7. The standard InChI is InChI=1S/C26H23F4NO4/c1-14(2)35-23-9-6-16(17-5-4-15(3)21(11-17)25(33)34)10-18(23)13-31-24(32)20-8-7-19(12-22(20)27)26(28,29)30/h4-12,14H,13H2,1-3H3,(H,31,32)(H,33,34). The Kier molecular flexibility index (Phi) is 7.48. The van der Waals surface area contributed by atoms with Gasteiger partial charge in [0, 0.05) is 12.1 Å². The lowest BCUT2D eigenvalue weighted by molar-refractivity contribution is -0.137. The van der Waals surface area contributed by atoms with Crippen molar-refractivity contribution in [2.75, 3.05) is 0 Å². The largest absolute Gasteiger partial charge is 0.491 e. The number of hydrogen-bond acceptors (Lipinski definition) is 3. The number of carbonyl (C=O) groups is 2. The summed E-state index contributed by atoms with van der Waals surface area (Å²) >= 11 is 0. The number of aromatic carboxylic acids is 1. The Morgan fingerprint density at radius 3 is 2.23 bits per heavy atom. The number of halogens is 4. The molecule has 0 aliphatic carbocycles. The number of ether oxygens (including phenoxy) is 1. The maximum atomic E-state index is 14.2. The van der Waals surface area contributed by atoms with Crippen molar-refractivity contribution >= 4 is 11.9 Å². The van der Waals surface area contributed by atoms with Crippen molar-refractivity contribution < 1.29 is 37.0 Å². The summed E-state index contributed by atoms with van der Waals surface area (Å²) in [4.78, 5) is 24.0. The molecular formula is C26H23F4NO4. The van der Waals surface area contributed by atoms with Crippen molar-refractivity contribution in [2.45, 2.75) is 39.6 Å². The van der Waals surface area contributed by atoms with E-state index in [0.29, 0.717) is 34.1 Å². The number of benzene rings is 3. The zero-order valence-electron chi connectivity index (χ0n) is 19.2. The first-order valence-electron chi connectivity index (χ1n) is 10.7. The van der Waals surface area contributed by atoms with Crippen molar-refractivity contribution in [1.82, 2.24) is 5.32 Å². The lowest BCUT2D eigenvalue weighted by atomic mass is 9.98. The van der Waals surface area contributed by atoms with Crippen LogP contribution in [-0.4, -0.2) is 23.1 Å². The summed E-state index contributed by atoms with van der Waals surface area (Å²) < 4.78 is 58.3. The third-order valence-electron chi connectivity index (χ3n) is 5.20. The van der Waals surface area contributed by atoms with Gasteiger partial charge in [-0.15, -0.1) is 0 Å². The van der Waals surface area contributed by atoms with Crippen LogP contribution in [0, 0.1) is 12.7 Å². The van der Waals surface area contributed by atoms with E-state index in [9.17, 15) is 32.3 Å². The number of carboxylic acids is 1.